The Hall–Kier alpha value is -2.12. The standard InChI is InChI=1S/C17H17ClFN3O2S/c18-12-3-4-14(13(19)10-12)20-11-16(23)21-5-7-22(8-6-21)17(24)15-2-1-9-25-15/h1-4,9-10,20H,5-8,11H2. The smallest absolute Gasteiger partial charge is 0.264 e. The highest BCUT2D eigenvalue weighted by Crippen LogP contribution is 2.19. The number of rotatable bonds is 4. The lowest BCUT2D eigenvalue weighted by molar-refractivity contribution is -0.130. The molecule has 1 saturated heterocycles. The van der Waals surface area contributed by atoms with Gasteiger partial charge >= 0.3 is 0 Å². The molecule has 2 aromatic rings. The number of hydrogen-bond donors (Lipinski definition) is 1. The van der Waals surface area contributed by atoms with Crippen molar-refractivity contribution in [3.8, 4) is 0 Å². The van der Waals surface area contributed by atoms with Gasteiger partial charge in [-0.1, -0.05) is 17.7 Å². The SMILES string of the molecule is O=C(CNc1ccc(Cl)cc1F)N1CCN(C(=O)c2cccs2)CC1. The van der Waals surface area contributed by atoms with Crippen LogP contribution in [0.4, 0.5) is 10.1 Å². The van der Waals surface area contributed by atoms with Gasteiger partial charge in [-0.2, -0.15) is 0 Å². The fourth-order valence-corrected chi connectivity index (χ4v) is 3.48. The van der Waals surface area contributed by atoms with Gasteiger partial charge in [0.2, 0.25) is 5.91 Å². The third-order valence-electron chi connectivity index (χ3n) is 4.01. The highest BCUT2D eigenvalue weighted by atomic mass is 35.5. The predicted octanol–water partition coefficient (Wildman–Crippen LogP) is 2.94. The Morgan fingerprint density at radius 2 is 1.88 bits per heavy atom. The second-order valence-corrected chi connectivity index (χ2v) is 7.01. The molecule has 2 heterocycles. The van der Waals surface area contributed by atoms with Crippen molar-refractivity contribution < 1.29 is 14.0 Å². The van der Waals surface area contributed by atoms with Crippen LogP contribution in [0, 0.1) is 5.82 Å². The largest absolute Gasteiger partial charge is 0.374 e. The molecular formula is C17H17ClFN3O2S. The molecule has 3 rings (SSSR count). The molecule has 2 amide bonds. The van der Waals surface area contributed by atoms with E-state index in [9.17, 15) is 14.0 Å². The van der Waals surface area contributed by atoms with E-state index in [1.807, 2.05) is 11.4 Å². The Labute approximate surface area is 154 Å². The average molecular weight is 382 g/mol. The van der Waals surface area contributed by atoms with E-state index in [2.05, 4.69) is 5.32 Å². The van der Waals surface area contributed by atoms with Crippen LogP contribution < -0.4 is 5.32 Å². The maximum Gasteiger partial charge on any atom is 0.264 e. The fourth-order valence-electron chi connectivity index (χ4n) is 2.63. The third-order valence-corrected chi connectivity index (χ3v) is 5.11. The summed E-state index contributed by atoms with van der Waals surface area (Å²) in [6, 6.07) is 7.91. The molecular weight excluding hydrogens is 365 g/mol. The Morgan fingerprint density at radius 1 is 1.16 bits per heavy atom. The number of benzene rings is 1. The summed E-state index contributed by atoms with van der Waals surface area (Å²) in [6.45, 7) is 1.94. The molecule has 1 N–H and O–H groups in total. The molecule has 0 unspecified atom stereocenters. The topological polar surface area (TPSA) is 52.7 Å². The first-order valence-electron chi connectivity index (χ1n) is 7.84. The second-order valence-electron chi connectivity index (χ2n) is 5.63. The summed E-state index contributed by atoms with van der Waals surface area (Å²) in [5.41, 5.74) is 0.240. The van der Waals surface area contributed by atoms with Crippen molar-refractivity contribution in [2.75, 3.05) is 38.0 Å². The van der Waals surface area contributed by atoms with Crippen LogP contribution in [0.5, 0.6) is 0 Å². The third kappa shape index (κ3) is 4.29. The Balaban J connectivity index is 1.49. The lowest BCUT2D eigenvalue weighted by atomic mass is 10.2. The fraction of sp³-hybridized carbons (Fsp3) is 0.294. The average Bonchev–Trinajstić information content (AvgIpc) is 3.15. The van der Waals surface area contributed by atoms with Crippen LogP contribution in [0.15, 0.2) is 35.7 Å². The number of anilines is 1. The quantitative estimate of drug-likeness (QED) is 0.885. The summed E-state index contributed by atoms with van der Waals surface area (Å²) in [5, 5.41) is 4.97. The van der Waals surface area contributed by atoms with Crippen LogP contribution in [0.1, 0.15) is 9.67 Å². The molecule has 0 radical (unpaired) electrons. The summed E-state index contributed by atoms with van der Waals surface area (Å²) >= 11 is 7.12. The van der Waals surface area contributed by atoms with Gasteiger partial charge < -0.3 is 15.1 Å². The van der Waals surface area contributed by atoms with Gasteiger partial charge in [0.15, 0.2) is 0 Å². The summed E-state index contributed by atoms with van der Waals surface area (Å²) in [6.07, 6.45) is 0. The van der Waals surface area contributed by atoms with Crippen molar-refractivity contribution in [1.29, 1.82) is 0 Å². The zero-order valence-corrected chi connectivity index (χ0v) is 14.9. The zero-order chi connectivity index (χ0) is 17.8. The lowest BCUT2D eigenvalue weighted by Gasteiger charge is -2.34. The first-order chi connectivity index (χ1) is 12.0. The summed E-state index contributed by atoms with van der Waals surface area (Å²) < 4.78 is 13.7. The van der Waals surface area contributed by atoms with E-state index in [0.29, 0.717) is 36.1 Å². The van der Waals surface area contributed by atoms with Gasteiger partial charge in [-0.25, -0.2) is 4.39 Å². The van der Waals surface area contributed by atoms with Crippen molar-refractivity contribution in [2.24, 2.45) is 0 Å². The van der Waals surface area contributed by atoms with E-state index in [1.54, 1.807) is 21.9 Å². The molecule has 5 nitrogen and oxygen atoms in total. The Morgan fingerprint density at radius 3 is 2.52 bits per heavy atom. The van der Waals surface area contributed by atoms with E-state index >= 15 is 0 Å². The van der Waals surface area contributed by atoms with Crippen molar-refractivity contribution in [3.63, 3.8) is 0 Å². The predicted molar refractivity (Wildman–Crippen MR) is 96.7 cm³/mol. The van der Waals surface area contributed by atoms with E-state index in [0.717, 1.165) is 0 Å². The highest BCUT2D eigenvalue weighted by Gasteiger charge is 2.25. The first-order valence-corrected chi connectivity index (χ1v) is 9.10. The van der Waals surface area contributed by atoms with Crippen LogP contribution in [-0.4, -0.2) is 54.3 Å². The van der Waals surface area contributed by atoms with Crippen LogP contribution >= 0.6 is 22.9 Å². The van der Waals surface area contributed by atoms with Gasteiger partial charge in [0.1, 0.15) is 5.82 Å². The van der Waals surface area contributed by atoms with Crippen LogP contribution in [0.3, 0.4) is 0 Å². The molecule has 0 spiro atoms. The number of carbonyl (C=O) groups is 2. The minimum Gasteiger partial charge on any atom is -0.374 e. The van der Waals surface area contributed by atoms with E-state index in [4.69, 9.17) is 11.6 Å². The maximum atomic E-state index is 13.7. The highest BCUT2D eigenvalue weighted by molar-refractivity contribution is 7.12. The molecule has 1 aliphatic rings. The minimum absolute atomic E-state index is 0.00256. The molecule has 1 aliphatic heterocycles. The van der Waals surface area contributed by atoms with Crippen molar-refractivity contribution in [1.82, 2.24) is 9.80 Å². The maximum absolute atomic E-state index is 13.7. The molecule has 0 aliphatic carbocycles. The van der Waals surface area contributed by atoms with Crippen molar-refractivity contribution in [2.45, 2.75) is 0 Å². The monoisotopic (exact) mass is 381 g/mol. The molecule has 0 saturated carbocycles. The van der Waals surface area contributed by atoms with Gasteiger partial charge in [0.05, 0.1) is 17.1 Å². The van der Waals surface area contributed by atoms with Crippen molar-refractivity contribution in [3.05, 3.63) is 51.4 Å². The molecule has 0 atom stereocenters. The number of thiophene rings is 1. The minimum atomic E-state index is -0.494. The van der Waals surface area contributed by atoms with Gasteiger partial charge in [0, 0.05) is 31.2 Å². The number of piperazine rings is 1. The number of nitrogens with zero attached hydrogens (tertiary/aromatic N) is 2. The van der Waals surface area contributed by atoms with Crippen LogP contribution in [0.25, 0.3) is 0 Å². The molecule has 1 aromatic heterocycles. The van der Waals surface area contributed by atoms with Gasteiger partial charge in [-0.15, -0.1) is 11.3 Å². The summed E-state index contributed by atoms with van der Waals surface area (Å²) in [5.74, 6) is -0.618. The Kier molecular flexibility index (Phi) is 5.55. The van der Waals surface area contributed by atoms with Gasteiger partial charge in [-0.3, -0.25) is 9.59 Å². The van der Waals surface area contributed by atoms with Crippen LogP contribution in [-0.2, 0) is 4.79 Å². The molecule has 0 bridgehead atoms. The zero-order valence-electron chi connectivity index (χ0n) is 13.4. The van der Waals surface area contributed by atoms with Gasteiger partial charge in [-0.05, 0) is 29.6 Å². The van der Waals surface area contributed by atoms with Crippen molar-refractivity contribution >= 4 is 40.4 Å². The summed E-state index contributed by atoms with van der Waals surface area (Å²) in [7, 11) is 0. The normalized spacial score (nSPS) is 14.5. The molecule has 132 valence electrons. The first kappa shape index (κ1) is 17.7. The number of halogens is 2. The Bertz CT molecular complexity index is 761. The molecule has 1 fully saturated rings. The number of carbonyl (C=O) groups excluding carboxylic acids is 2. The number of hydrogen-bond acceptors (Lipinski definition) is 4. The molecule has 8 heteroatoms. The van der Waals surface area contributed by atoms with E-state index < -0.39 is 5.82 Å². The number of nitrogens with one attached hydrogen (secondary N) is 1. The molecule has 1 aromatic carbocycles. The molecule has 25 heavy (non-hydrogen) atoms. The van der Waals surface area contributed by atoms with Crippen LogP contribution in [0.2, 0.25) is 5.02 Å². The summed E-state index contributed by atoms with van der Waals surface area (Å²) in [4.78, 5) is 28.7. The second kappa shape index (κ2) is 7.84. The van der Waals surface area contributed by atoms with Gasteiger partial charge in [0.25, 0.3) is 5.91 Å². The number of amides is 2. The van der Waals surface area contributed by atoms with E-state index in [-0.39, 0.29) is 24.0 Å². The lowest BCUT2D eigenvalue weighted by Crippen LogP contribution is -2.51. The van der Waals surface area contributed by atoms with E-state index in [1.165, 1.54) is 23.5 Å².